The average molecular weight is 464 g/mol. The van der Waals surface area contributed by atoms with Crippen LogP contribution >= 0.6 is 0 Å². The second-order valence-corrected chi connectivity index (χ2v) is 11.0. The Bertz CT molecular complexity index is 1010. The molecule has 174 valence electrons. The number of benzene rings is 1. The minimum Gasteiger partial charge on any atom is -0.482 e. The van der Waals surface area contributed by atoms with E-state index in [4.69, 9.17) is 10.5 Å². The van der Waals surface area contributed by atoms with E-state index in [1.807, 2.05) is 0 Å². The van der Waals surface area contributed by atoms with Gasteiger partial charge in [0.2, 0.25) is 0 Å². The Morgan fingerprint density at radius 2 is 1.81 bits per heavy atom. The topological polar surface area (TPSA) is 134 Å². The minimum absolute atomic E-state index is 0.0721. The highest BCUT2D eigenvalue weighted by molar-refractivity contribution is 7.86. The number of hydrogen-bond acceptors (Lipinski definition) is 6. The summed E-state index contributed by atoms with van der Waals surface area (Å²) in [5.74, 6) is 0.0257. The fraction of sp³-hybridized carbons (Fsp3) is 0.619. The molecule has 3 atom stereocenters. The molecular weight excluding hydrogens is 434 g/mol. The maximum Gasteiger partial charge on any atom is 0.282 e. The number of rotatable bonds is 4. The zero-order valence-electron chi connectivity index (χ0n) is 17.8. The molecule has 1 aromatic carbocycles. The van der Waals surface area contributed by atoms with E-state index in [0.29, 0.717) is 55.8 Å². The van der Waals surface area contributed by atoms with E-state index in [9.17, 15) is 18.0 Å². The minimum atomic E-state index is -3.52. The molecule has 3 fully saturated rings. The number of nitrogens with two attached hydrogens (primary N) is 1. The summed E-state index contributed by atoms with van der Waals surface area (Å²) in [7, 11) is -3.52. The van der Waals surface area contributed by atoms with Gasteiger partial charge in [0.05, 0.1) is 5.69 Å². The molecule has 4 heterocycles. The molecule has 0 spiro atoms. The van der Waals surface area contributed by atoms with Crippen molar-refractivity contribution in [2.45, 2.75) is 62.7 Å². The third-order valence-electron chi connectivity index (χ3n) is 6.97. The van der Waals surface area contributed by atoms with E-state index in [1.165, 1.54) is 0 Å². The van der Waals surface area contributed by atoms with Crippen LogP contribution in [0.5, 0.6) is 5.75 Å². The van der Waals surface area contributed by atoms with Crippen LogP contribution in [-0.4, -0.2) is 72.7 Å². The first-order valence-corrected chi connectivity index (χ1v) is 12.6. The maximum absolute atomic E-state index is 13.3. The molecule has 0 radical (unpaired) electrons. The Balaban J connectivity index is 1.24. The Kier molecular flexibility index (Phi) is 5.60. The largest absolute Gasteiger partial charge is 0.482 e. The Labute approximate surface area is 187 Å². The van der Waals surface area contributed by atoms with Crippen molar-refractivity contribution in [2.75, 3.05) is 25.0 Å². The van der Waals surface area contributed by atoms with Gasteiger partial charge >= 0.3 is 0 Å². The van der Waals surface area contributed by atoms with Crippen molar-refractivity contribution in [1.29, 1.82) is 0 Å². The summed E-state index contributed by atoms with van der Waals surface area (Å²) in [5, 5.41) is 5.78. The molecule has 0 saturated carbocycles. The van der Waals surface area contributed by atoms with Gasteiger partial charge in [0.25, 0.3) is 22.0 Å². The Hall–Kier alpha value is -2.21. The number of piperidine rings is 2. The first kappa shape index (κ1) is 21.6. The van der Waals surface area contributed by atoms with Crippen LogP contribution in [0.2, 0.25) is 0 Å². The molecule has 4 aliphatic rings. The highest BCUT2D eigenvalue weighted by Gasteiger charge is 2.49. The first-order valence-electron chi connectivity index (χ1n) is 11.2. The summed E-state index contributed by atoms with van der Waals surface area (Å²) in [5.41, 5.74) is 6.94. The number of anilines is 1. The van der Waals surface area contributed by atoms with Gasteiger partial charge in [-0.3, -0.25) is 9.59 Å². The van der Waals surface area contributed by atoms with Gasteiger partial charge in [0, 0.05) is 42.8 Å². The number of carbonyl (C=O) groups is 2. The summed E-state index contributed by atoms with van der Waals surface area (Å²) < 4.78 is 35.3. The number of hydrogen-bond donors (Lipinski definition) is 3. The van der Waals surface area contributed by atoms with Gasteiger partial charge in [-0.2, -0.15) is 17.0 Å². The van der Waals surface area contributed by atoms with Crippen molar-refractivity contribution in [1.82, 2.24) is 13.9 Å². The number of nitrogens with zero attached hydrogens (tertiary/aromatic N) is 2. The van der Waals surface area contributed by atoms with E-state index in [-0.39, 0.29) is 42.6 Å². The molecule has 2 bridgehead atoms. The van der Waals surface area contributed by atoms with E-state index in [0.717, 1.165) is 12.8 Å². The average Bonchev–Trinajstić information content (AvgIpc) is 3.05. The zero-order valence-corrected chi connectivity index (χ0v) is 18.6. The standard InChI is InChI=1S/C21H29N5O5S/c22-14-5-7-25(8-6-14)32(29,30)26-16-2-3-17(26)11-15(10-16)23-21(28)13-1-4-18-19(9-13)31-12-20(27)24-18/h1,4,9,14-17H,2-3,5-8,10-12,22H2,(H,23,28)(H,24,27)/t15-,16-,17+. The van der Waals surface area contributed by atoms with Gasteiger partial charge in [-0.25, -0.2) is 0 Å². The molecule has 0 aromatic heterocycles. The van der Waals surface area contributed by atoms with Gasteiger partial charge < -0.3 is 21.1 Å². The molecule has 1 aromatic rings. The summed E-state index contributed by atoms with van der Waals surface area (Å²) in [6.45, 7) is 0.873. The molecule has 2 amide bonds. The van der Waals surface area contributed by atoms with E-state index in [2.05, 4.69) is 10.6 Å². The van der Waals surface area contributed by atoms with Crippen LogP contribution in [0.1, 0.15) is 48.9 Å². The van der Waals surface area contributed by atoms with E-state index in [1.54, 1.807) is 26.8 Å². The zero-order chi connectivity index (χ0) is 22.5. The van der Waals surface area contributed by atoms with E-state index >= 15 is 0 Å². The van der Waals surface area contributed by atoms with Crippen molar-refractivity contribution >= 4 is 27.7 Å². The fourth-order valence-corrected chi connectivity index (χ4v) is 7.43. The van der Waals surface area contributed by atoms with Crippen LogP contribution in [-0.2, 0) is 15.0 Å². The molecule has 0 unspecified atom stereocenters. The van der Waals surface area contributed by atoms with Crippen molar-refractivity contribution in [2.24, 2.45) is 5.73 Å². The number of amides is 2. The number of carbonyl (C=O) groups excluding carboxylic acids is 2. The number of ether oxygens (including phenoxy) is 1. The lowest BCUT2D eigenvalue weighted by molar-refractivity contribution is -0.118. The SMILES string of the molecule is NC1CCN(S(=O)(=O)N2[C@@H]3CC[C@H]2C[C@H](NC(=O)c2ccc4c(c2)OCC(=O)N4)C3)CC1. The molecule has 4 aliphatic heterocycles. The highest BCUT2D eigenvalue weighted by atomic mass is 32.2. The highest BCUT2D eigenvalue weighted by Crippen LogP contribution is 2.39. The van der Waals surface area contributed by atoms with Gasteiger partial charge in [-0.15, -0.1) is 0 Å². The number of fused-ring (bicyclic) bond motifs is 3. The van der Waals surface area contributed by atoms with Crippen LogP contribution < -0.4 is 21.1 Å². The lowest BCUT2D eigenvalue weighted by Crippen LogP contribution is -2.57. The van der Waals surface area contributed by atoms with Crippen LogP contribution in [0.4, 0.5) is 5.69 Å². The van der Waals surface area contributed by atoms with Gasteiger partial charge in [-0.05, 0) is 56.7 Å². The quantitative estimate of drug-likeness (QED) is 0.592. The van der Waals surface area contributed by atoms with Crippen molar-refractivity contribution in [3.8, 4) is 5.75 Å². The predicted octanol–water partition coefficient (Wildman–Crippen LogP) is 0.411. The molecule has 11 heteroatoms. The Morgan fingerprint density at radius 3 is 2.50 bits per heavy atom. The second-order valence-electron chi connectivity index (χ2n) is 9.15. The van der Waals surface area contributed by atoms with E-state index < -0.39 is 10.2 Å². The third-order valence-corrected chi connectivity index (χ3v) is 9.12. The smallest absolute Gasteiger partial charge is 0.282 e. The number of nitrogens with one attached hydrogen (secondary N) is 2. The van der Waals surface area contributed by atoms with Crippen LogP contribution in [0, 0.1) is 0 Å². The molecular formula is C21H29N5O5S. The van der Waals surface area contributed by atoms with Crippen LogP contribution in [0.3, 0.4) is 0 Å². The second kappa shape index (κ2) is 8.29. The summed E-state index contributed by atoms with van der Waals surface area (Å²) >= 11 is 0. The van der Waals surface area contributed by atoms with Crippen molar-refractivity contribution in [3.05, 3.63) is 23.8 Å². The molecule has 5 rings (SSSR count). The lowest BCUT2D eigenvalue weighted by atomic mass is 9.99. The van der Waals surface area contributed by atoms with Gasteiger partial charge in [0.1, 0.15) is 5.75 Å². The lowest BCUT2D eigenvalue weighted by Gasteiger charge is -2.41. The molecule has 4 N–H and O–H groups in total. The molecule has 3 saturated heterocycles. The fourth-order valence-electron chi connectivity index (χ4n) is 5.35. The van der Waals surface area contributed by atoms with Crippen LogP contribution in [0.25, 0.3) is 0 Å². The predicted molar refractivity (Wildman–Crippen MR) is 117 cm³/mol. The molecule has 32 heavy (non-hydrogen) atoms. The molecule has 10 nitrogen and oxygen atoms in total. The van der Waals surface area contributed by atoms with Crippen molar-refractivity contribution in [3.63, 3.8) is 0 Å². The van der Waals surface area contributed by atoms with Crippen molar-refractivity contribution < 1.29 is 22.7 Å². The van der Waals surface area contributed by atoms with Gasteiger partial charge in [-0.1, -0.05) is 0 Å². The first-order chi connectivity index (χ1) is 15.3. The third kappa shape index (κ3) is 3.98. The summed E-state index contributed by atoms with van der Waals surface area (Å²) in [4.78, 5) is 24.3. The monoisotopic (exact) mass is 463 g/mol. The summed E-state index contributed by atoms with van der Waals surface area (Å²) in [6.07, 6.45) is 4.22. The summed E-state index contributed by atoms with van der Waals surface area (Å²) in [6, 6.07) is 4.73. The van der Waals surface area contributed by atoms with Gasteiger partial charge in [0.15, 0.2) is 6.61 Å². The van der Waals surface area contributed by atoms with Crippen LogP contribution in [0.15, 0.2) is 18.2 Å². The molecule has 0 aliphatic carbocycles. The maximum atomic E-state index is 13.3. The normalized spacial score (nSPS) is 29.2. The Morgan fingerprint density at radius 1 is 1.12 bits per heavy atom.